The molecule has 128 valence electrons. The SMILES string of the molecule is CCOc1ccc(CCNc2ccc([N+](=O)[O-])cc2)cc1OCC. The van der Waals surface area contributed by atoms with Crippen LogP contribution in [-0.2, 0) is 6.42 Å². The van der Waals surface area contributed by atoms with Crippen LogP contribution in [0.1, 0.15) is 19.4 Å². The van der Waals surface area contributed by atoms with Gasteiger partial charge >= 0.3 is 0 Å². The molecule has 24 heavy (non-hydrogen) atoms. The van der Waals surface area contributed by atoms with Gasteiger partial charge in [-0.3, -0.25) is 10.1 Å². The quantitative estimate of drug-likeness (QED) is 0.555. The molecule has 0 aliphatic carbocycles. The minimum Gasteiger partial charge on any atom is -0.490 e. The zero-order valence-corrected chi connectivity index (χ0v) is 14.0. The molecule has 0 saturated heterocycles. The van der Waals surface area contributed by atoms with Gasteiger partial charge in [0.05, 0.1) is 18.1 Å². The van der Waals surface area contributed by atoms with Crippen LogP contribution < -0.4 is 14.8 Å². The van der Waals surface area contributed by atoms with Crippen LogP contribution >= 0.6 is 0 Å². The van der Waals surface area contributed by atoms with Crippen molar-refractivity contribution in [2.45, 2.75) is 20.3 Å². The Balaban J connectivity index is 1.93. The van der Waals surface area contributed by atoms with Gasteiger partial charge in [-0.25, -0.2) is 0 Å². The average molecular weight is 330 g/mol. The molecule has 0 saturated carbocycles. The Morgan fingerprint density at radius 1 is 1.00 bits per heavy atom. The van der Waals surface area contributed by atoms with E-state index in [1.165, 1.54) is 12.1 Å². The van der Waals surface area contributed by atoms with Crippen molar-refractivity contribution in [3.05, 3.63) is 58.1 Å². The van der Waals surface area contributed by atoms with Crippen LogP contribution in [0.15, 0.2) is 42.5 Å². The topological polar surface area (TPSA) is 73.6 Å². The molecule has 6 nitrogen and oxygen atoms in total. The molecule has 1 N–H and O–H groups in total. The van der Waals surface area contributed by atoms with Crippen LogP contribution in [0, 0.1) is 10.1 Å². The second-order valence-electron chi connectivity index (χ2n) is 5.13. The minimum atomic E-state index is -0.404. The van der Waals surface area contributed by atoms with Crippen LogP contribution in [0.3, 0.4) is 0 Å². The van der Waals surface area contributed by atoms with E-state index in [4.69, 9.17) is 9.47 Å². The first-order chi connectivity index (χ1) is 11.6. The molecular formula is C18H22N2O4. The van der Waals surface area contributed by atoms with Gasteiger partial charge in [0.15, 0.2) is 11.5 Å². The second-order valence-corrected chi connectivity index (χ2v) is 5.13. The Kier molecular flexibility index (Phi) is 6.42. The summed E-state index contributed by atoms with van der Waals surface area (Å²) < 4.78 is 11.2. The Morgan fingerprint density at radius 3 is 2.29 bits per heavy atom. The fourth-order valence-electron chi connectivity index (χ4n) is 2.30. The lowest BCUT2D eigenvalue weighted by Gasteiger charge is -2.13. The molecule has 0 fully saturated rings. The van der Waals surface area contributed by atoms with E-state index in [0.717, 1.165) is 35.7 Å². The van der Waals surface area contributed by atoms with Gasteiger partial charge in [-0.05, 0) is 50.1 Å². The van der Waals surface area contributed by atoms with Gasteiger partial charge in [-0.1, -0.05) is 6.07 Å². The van der Waals surface area contributed by atoms with Gasteiger partial charge in [0.2, 0.25) is 0 Å². The predicted octanol–water partition coefficient (Wildman–Crippen LogP) is 4.05. The molecule has 2 rings (SSSR count). The van der Waals surface area contributed by atoms with Gasteiger partial charge in [0.1, 0.15) is 0 Å². The largest absolute Gasteiger partial charge is 0.490 e. The lowest BCUT2D eigenvalue weighted by atomic mass is 10.1. The number of nitrogens with zero attached hydrogens (tertiary/aromatic N) is 1. The summed E-state index contributed by atoms with van der Waals surface area (Å²) in [5, 5.41) is 13.9. The van der Waals surface area contributed by atoms with Gasteiger partial charge in [-0.2, -0.15) is 0 Å². The van der Waals surface area contributed by atoms with Crippen molar-refractivity contribution < 1.29 is 14.4 Å². The number of hydrogen-bond acceptors (Lipinski definition) is 5. The van der Waals surface area contributed by atoms with Crippen LogP contribution in [0.4, 0.5) is 11.4 Å². The third-order valence-corrected chi connectivity index (χ3v) is 3.43. The average Bonchev–Trinajstić information content (AvgIpc) is 2.58. The molecule has 0 spiro atoms. The van der Waals surface area contributed by atoms with Crippen molar-refractivity contribution in [2.75, 3.05) is 25.1 Å². The van der Waals surface area contributed by atoms with Crippen molar-refractivity contribution in [3.8, 4) is 11.5 Å². The number of non-ortho nitro benzene ring substituents is 1. The van der Waals surface area contributed by atoms with E-state index in [1.807, 2.05) is 32.0 Å². The maximum atomic E-state index is 10.6. The summed E-state index contributed by atoms with van der Waals surface area (Å²) in [5.74, 6) is 1.51. The van der Waals surface area contributed by atoms with Crippen molar-refractivity contribution in [2.24, 2.45) is 0 Å². The summed E-state index contributed by atoms with van der Waals surface area (Å²) in [6, 6.07) is 12.3. The highest BCUT2D eigenvalue weighted by Crippen LogP contribution is 2.28. The maximum Gasteiger partial charge on any atom is 0.269 e. The third-order valence-electron chi connectivity index (χ3n) is 3.43. The highest BCUT2D eigenvalue weighted by Gasteiger charge is 2.07. The molecule has 0 amide bonds. The molecule has 0 aliphatic rings. The summed E-state index contributed by atoms with van der Waals surface area (Å²) in [4.78, 5) is 10.2. The van der Waals surface area contributed by atoms with Crippen molar-refractivity contribution in [1.82, 2.24) is 0 Å². The van der Waals surface area contributed by atoms with E-state index < -0.39 is 4.92 Å². The summed E-state index contributed by atoms with van der Waals surface area (Å²) in [5.41, 5.74) is 2.08. The van der Waals surface area contributed by atoms with E-state index in [9.17, 15) is 10.1 Å². The Morgan fingerprint density at radius 2 is 1.67 bits per heavy atom. The normalized spacial score (nSPS) is 10.2. The first kappa shape index (κ1) is 17.6. The molecule has 6 heteroatoms. The minimum absolute atomic E-state index is 0.0911. The second kappa shape index (κ2) is 8.76. The molecule has 0 heterocycles. The summed E-state index contributed by atoms with van der Waals surface area (Å²) in [7, 11) is 0. The molecule has 0 aromatic heterocycles. The lowest BCUT2D eigenvalue weighted by molar-refractivity contribution is -0.384. The third kappa shape index (κ3) is 4.87. The summed E-state index contributed by atoms with van der Waals surface area (Å²) in [6.45, 7) is 5.79. The molecule has 0 aliphatic heterocycles. The molecule has 0 atom stereocenters. The van der Waals surface area contributed by atoms with E-state index in [2.05, 4.69) is 5.32 Å². The Labute approximate surface area is 141 Å². The highest BCUT2D eigenvalue weighted by molar-refractivity contribution is 5.49. The number of nitrogens with one attached hydrogen (secondary N) is 1. The van der Waals surface area contributed by atoms with Crippen molar-refractivity contribution in [1.29, 1.82) is 0 Å². The lowest BCUT2D eigenvalue weighted by Crippen LogP contribution is -2.05. The Hall–Kier alpha value is -2.76. The first-order valence-corrected chi connectivity index (χ1v) is 8.01. The maximum absolute atomic E-state index is 10.6. The molecule has 0 bridgehead atoms. The van der Waals surface area contributed by atoms with Crippen molar-refractivity contribution in [3.63, 3.8) is 0 Å². The molecule has 2 aromatic rings. The van der Waals surface area contributed by atoms with Crippen LogP contribution in [-0.4, -0.2) is 24.7 Å². The number of rotatable bonds is 9. The first-order valence-electron chi connectivity index (χ1n) is 8.01. The van der Waals surface area contributed by atoms with Crippen molar-refractivity contribution >= 4 is 11.4 Å². The molecular weight excluding hydrogens is 308 g/mol. The van der Waals surface area contributed by atoms with E-state index in [1.54, 1.807) is 12.1 Å². The standard InChI is InChI=1S/C18H22N2O4/c1-3-23-17-10-5-14(13-18(17)24-4-2)11-12-19-15-6-8-16(9-7-15)20(21)22/h5-10,13,19H,3-4,11-12H2,1-2H3. The fraction of sp³-hybridized carbons (Fsp3) is 0.333. The molecule has 0 unspecified atom stereocenters. The molecule has 0 radical (unpaired) electrons. The Bertz CT molecular complexity index is 671. The monoisotopic (exact) mass is 330 g/mol. The zero-order valence-electron chi connectivity index (χ0n) is 14.0. The van der Waals surface area contributed by atoms with Gasteiger partial charge in [-0.15, -0.1) is 0 Å². The fourth-order valence-corrected chi connectivity index (χ4v) is 2.30. The number of ether oxygens (including phenoxy) is 2. The number of anilines is 1. The van der Waals surface area contributed by atoms with Crippen LogP contribution in [0.5, 0.6) is 11.5 Å². The van der Waals surface area contributed by atoms with E-state index in [-0.39, 0.29) is 5.69 Å². The summed E-state index contributed by atoms with van der Waals surface area (Å²) in [6.07, 6.45) is 0.809. The van der Waals surface area contributed by atoms with E-state index >= 15 is 0 Å². The highest BCUT2D eigenvalue weighted by atomic mass is 16.6. The van der Waals surface area contributed by atoms with Gasteiger partial charge in [0, 0.05) is 24.4 Å². The smallest absolute Gasteiger partial charge is 0.269 e. The van der Waals surface area contributed by atoms with E-state index in [0.29, 0.717) is 13.2 Å². The van der Waals surface area contributed by atoms with Crippen LogP contribution in [0.2, 0.25) is 0 Å². The number of nitro benzene ring substituents is 1. The van der Waals surface area contributed by atoms with Gasteiger partial charge < -0.3 is 14.8 Å². The summed E-state index contributed by atoms with van der Waals surface area (Å²) >= 11 is 0. The predicted molar refractivity (Wildman–Crippen MR) is 94.1 cm³/mol. The number of hydrogen-bond donors (Lipinski definition) is 1. The zero-order chi connectivity index (χ0) is 17.4. The van der Waals surface area contributed by atoms with Gasteiger partial charge in [0.25, 0.3) is 5.69 Å². The number of nitro groups is 1. The van der Waals surface area contributed by atoms with Crippen LogP contribution in [0.25, 0.3) is 0 Å². The number of benzene rings is 2. The molecule has 2 aromatic carbocycles.